The number of aromatic nitrogens is 1. The summed E-state index contributed by atoms with van der Waals surface area (Å²) in [6.45, 7) is 1.48. The minimum atomic E-state index is -0.545. The van der Waals surface area contributed by atoms with Crippen LogP contribution in [0.1, 0.15) is 12.6 Å². The molecule has 72 valence electrons. The highest BCUT2D eigenvalue weighted by Crippen LogP contribution is 1.99. The fourth-order valence-corrected chi connectivity index (χ4v) is 1.09. The SMILES string of the molecule is CC(=O)SCC#Cc1cccc(F)n1. The van der Waals surface area contributed by atoms with Crippen LogP contribution in [0.5, 0.6) is 0 Å². The summed E-state index contributed by atoms with van der Waals surface area (Å²) in [7, 11) is 0. The number of nitrogens with zero attached hydrogens (tertiary/aromatic N) is 1. The summed E-state index contributed by atoms with van der Waals surface area (Å²) >= 11 is 1.12. The normalized spacial score (nSPS) is 9.00. The van der Waals surface area contributed by atoms with Crippen molar-refractivity contribution < 1.29 is 9.18 Å². The predicted octanol–water partition coefficient (Wildman–Crippen LogP) is 1.85. The fraction of sp³-hybridized carbons (Fsp3) is 0.200. The maximum Gasteiger partial charge on any atom is 0.214 e. The van der Waals surface area contributed by atoms with Gasteiger partial charge in [0.25, 0.3) is 0 Å². The van der Waals surface area contributed by atoms with Crippen molar-refractivity contribution in [3.05, 3.63) is 29.8 Å². The summed E-state index contributed by atoms with van der Waals surface area (Å²) < 4.78 is 12.6. The molecule has 0 bridgehead atoms. The molecule has 2 nitrogen and oxygen atoms in total. The maximum atomic E-state index is 12.6. The topological polar surface area (TPSA) is 30.0 Å². The Morgan fingerprint density at radius 3 is 3.07 bits per heavy atom. The van der Waals surface area contributed by atoms with Crippen molar-refractivity contribution in [2.24, 2.45) is 0 Å². The standard InChI is InChI=1S/C10H8FNOS/c1-8(13)14-7-3-5-9-4-2-6-10(11)12-9/h2,4,6H,7H2,1H3. The zero-order valence-electron chi connectivity index (χ0n) is 7.58. The third kappa shape index (κ3) is 4.06. The van der Waals surface area contributed by atoms with Crippen LogP contribution in [0.3, 0.4) is 0 Å². The molecule has 0 aromatic carbocycles. The van der Waals surface area contributed by atoms with Gasteiger partial charge in [-0.25, -0.2) is 4.98 Å². The molecule has 0 atom stereocenters. The van der Waals surface area contributed by atoms with Crippen molar-refractivity contribution in [1.82, 2.24) is 4.98 Å². The van der Waals surface area contributed by atoms with Crippen molar-refractivity contribution in [3.63, 3.8) is 0 Å². The number of pyridine rings is 1. The van der Waals surface area contributed by atoms with Crippen molar-refractivity contribution in [2.75, 3.05) is 5.75 Å². The molecule has 0 aliphatic rings. The van der Waals surface area contributed by atoms with Gasteiger partial charge in [-0.15, -0.1) is 0 Å². The van der Waals surface area contributed by atoms with Crippen LogP contribution in [0.25, 0.3) is 0 Å². The summed E-state index contributed by atoms with van der Waals surface area (Å²) in [4.78, 5) is 14.1. The van der Waals surface area contributed by atoms with Gasteiger partial charge in [-0.1, -0.05) is 23.7 Å². The van der Waals surface area contributed by atoms with E-state index < -0.39 is 5.95 Å². The van der Waals surface area contributed by atoms with E-state index in [2.05, 4.69) is 16.8 Å². The van der Waals surface area contributed by atoms with E-state index in [1.165, 1.54) is 13.0 Å². The van der Waals surface area contributed by atoms with Gasteiger partial charge in [0, 0.05) is 6.92 Å². The molecule has 0 saturated heterocycles. The van der Waals surface area contributed by atoms with Crippen LogP contribution >= 0.6 is 11.8 Å². The molecule has 0 N–H and O–H groups in total. The Morgan fingerprint density at radius 1 is 1.64 bits per heavy atom. The van der Waals surface area contributed by atoms with Crippen LogP contribution in [0.2, 0.25) is 0 Å². The Bertz CT molecular complexity index is 395. The second-order valence-corrected chi connectivity index (χ2v) is 3.58. The highest BCUT2D eigenvalue weighted by atomic mass is 32.2. The lowest BCUT2D eigenvalue weighted by Gasteiger charge is -1.88. The highest BCUT2D eigenvalue weighted by molar-refractivity contribution is 8.13. The number of hydrogen-bond acceptors (Lipinski definition) is 3. The van der Waals surface area contributed by atoms with Gasteiger partial charge in [-0.3, -0.25) is 4.79 Å². The first-order valence-corrected chi connectivity index (χ1v) is 4.92. The monoisotopic (exact) mass is 209 g/mol. The molecule has 0 aliphatic carbocycles. The number of carbonyl (C=O) groups excluding carboxylic acids is 1. The highest BCUT2D eigenvalue weighted by Gasteiger charge is 1.92. The average molecular weight is 209 g/mol. The predicted molar refractivity (Wildman–Crippen MR) is 54.2 cm³/mol. The van der Waals surface area contributed by atoms with Gasteiger partial charge in [0.05, 0.1) is 5.75 Å². The third-order valence-electron chi connectivity index (χ3n) is 1.28. The third-order valence-corrected chi connectivity index (χ3v) is 1.97. The zero-order chi connectivity index (χ0) is 10.4. The number of carbonyl (C=O) groups is 1. The molecule has 1 aromatic rings. The van der Waals surface area contributed by atoms with E-state index >= 15 is 0 Å². The molecule has 0 unspecified atom stereocenters. The molecule has 0 aliphatic heterocycles. The van der Waals surface area contributed by atoms with Gasteiger partial charge >= 0.3 is 0 Å². The van der Waals surface area contributed by atoms with Gasteiger partial charge in [0.2, 0.25) is 5.95 Å². The van der Waals surface area contributed by atoms with E-state index in [9.17, 15) is 9.18 Å². The molecule has 0 fully saturated rings. The number of thioether (sulfide) groups is 1. The molecule has 4 heteroatoms. The molecule has 1 rings (SSSR count). The van der Waals surface area contributed by atoms with Crippen molar-refractivity contribution in [3.8, 4) is 11.8 Å². The molecular formula is C10H8FNOS. The van der Waals surface area contributed by atoms with Crippen LogP contribution in [0, 0.1) is 17.8 Å². The van der Waals surface area contributed by atoms with Gasteiger partial charge in [-0.05, 0) is 18.1 Å². The smallest absolute Gasteiger partial charge is 0.214 e. The van der Waals surface area contributed by atoms with E-state index in [1.807, 2.05) is 0 Å². The summed E-state index contributed by atoms with van der Waals surface area (Å²) in [6, 6.07) is 4.43. The Labute approximate surface area is 85.9 Å². The van der Waals surface area contributed by atoms with E-state index in [4.69, 9.17) is 0 Å². The molecule has 0 radical (unpaired) electrons. The summed E-state index contributed by atoms with van der Waals surface area (Å²) in [5.41, 5.74) is 0.383. The van der Waals surface area contributed by atoms with Gasteiger partial charge in [0.15, 0.2) is 5.12 Å². The second-order valence-electron chi connectivity index (χ2n) is 2.43. The first-order valence-electron chi connectivity index (χ1n) is 3.93. The van der Waals surface area contributed by atoms with E-state index in [0.717, 1.165) is 11.8 Å². The number of rotatable bonds is 1. The summed E-state index contributed by atoms with van der Waals surface area (Å²) in [6.07, 6.45) is 0. The molecule has 14 heavy (non-hydrogen) atoms. The lowest BCUT2D eigenvalue weighted by Crippen LogP contribution is -1.86. The van der Waals surface area contributed by atoms with Gasteiger partial charge < -0.3 is 0 Å². The van der Waals surface area contributed by atoms with Crippen molar-refractivity contribution in [1.29, 1.82) is 0 Å². The fourth-order valence-electron chi connectivity index (χ4n) is 0.742. The average Bonchev–Trinajstić information content (AvgIpc) is 2.12. The molecular weight excluding hydrogens is 201 g/mol. The van der Waals surface area contributed by atoms with E-state index in [-0.39, 0.29) is 5.12 Å². The lowest BCUT2D eigenvalue weighted by molar-refractivity contribution is -0.109. The summed E-state index contributed by atoms with van der Waals surface area (Å²) in [5.74, 6) is 5.25. The Morgan fingerprint density at radius 2 is 2.43 bits per heavy atom. The van der Waals surface area contributed by atoms with Crippen LogP contribution in [-0.2, 0) is 4.79 Å². The van der Waals surface area contributed by atoms with Crippen LogP contribution in [0.4, 0.5) is 4.39 Å². The minimum absolute atomic E-state index is 0.0199. The van der Waals surface area contributed by atoms with E-state index in [0.29, 0.717) is 11.4 Å². The van der Waals surface area contributed by atoms with Gasteiger partial charge in [0.1, 0.15) is 5.69 Å². The van der Waals surface area contributed by atoms with Gasteiger partial charge in [-0.2, -0.15) is 4.39 Å². The second kappa shape index (κ2) is 5.40. The van der Waals surface area contributed by atoms with Crippen molar-refractivity contribution in [2.45, 2.75) is 6.92 Å². The molecule has 0 amide bonds. The first-order chi connectivity index (χ1) is 6.68. The minimum Gasteiger partial charge on any atom is -0.288 e. The van der Waals surface area contributed by atoms with E-state index in [1.54, 1.807) is 12.1 Å². The summed E-state index contributed by atoms with van der Waals surface area (Å²) in [5, 5.41) is 0.0199. The first kappa shape index (κ1) is 10.7. The molecule has 0 spiro atoms. The largest absolute Gasteiger partial charge is 0.288 e. The van der Waals surface area contributed by atoms with Crippen molar-refractivity contribution >= 4 is 16.9 Å². The number of hydrogen-bond donors (Lipinski definition) is 0. The Balaban J connectivity index is 2.55. The Kier molecular flexibility index (Phi) is 4.14. The Hall–Kier alpha value is -1.34. The quantitative estimate of drug-likeness (QED) is 0.522. The molecule has 0 saturated carbocycles. The number of halogens is 1. The lowest BCUT2D eigenvalue weighted by atomic mass is 10.3. The van der Waals surface area contributed by atoms with Crippen LogP contribution < -0.4 is 0 Å². The molecule has 1 heterocycles. The van der Waals surface area contributed by atoms with Crippen LogP contribution in [0.15, 0.2) is 18.2 Å². The molecule has 1 aromatic heterocycles. The maximum absolute atomic E-state index is 12.6. The zero-order valence-corrected chi connectivity index (χ0v) is 8.40. The van der Waals surface area contributed by atoms with Crippen LogP contribution in [-0.4, -0.2) is 15.9 Å².